The number of piperidine rings is 1. The van der Waals surface area contributed by atoms with Crippen molar-refractivity contribution in [1.82, 2.24) is 44.5 Å². The molecule has 4 N–H and O–H groups in total. The van der Waals surface area contributed by atoms with Crippen molar-refractivity contribution in [3.63, 3.8) is 0 Å². The molecule has 3 aliphatic rings. The van der Waals surface area contributed by atoms with Crippen molar-refractivity contribution >= 4 is 29.7 Å². The van der Waals surface area contributed by atoms with Gasteiger partial charge in [0.15, 0.2) is 0 Å². The third kappa shape index (κ3) is 9.93. The van der Waals surface area contributed by atoms with Crippen LogP contribution >= 0.6 is 0 Å². The zero-order valence-corrected chi connectivity index (χ0v) is 41.9. The second-order valence-electron chi connectivity index (χ2n) is 20.0. The molecule has 16 nitrogen and oxygen atoms in total. The zero-order chi connectivity index (χ0) is 50.8. The lowest BCUT2D eigenvalue weighted by molar-refractivity contribution is -0.138. The molecule has 72 heavy (non-hydrogen) atoms. The van der Waals surface area contributed by atoms with Gasteiger partial charge in [-0.15, -0.1) is 0 Å². The average Bonchev–Trinajstić information content (AvgIpc) is 4.25. The number of aromatic amines is 2. The molecule has 4 amide bonds. The van der Waals surface area contributed by atoms with E-state index < -0.39 is 24.3 Å². The number of alkyl carbamates (subject to hydrolysis) is 1. The number of carboxylic acid groups (broad SMARTS) is 1. The van der Waals surface area contributed by atoms with Crippen molar-refractivity contribution in [1.29, 1.82) is 0 Å². The van der Waals surface area contributed by atoms with Gasteiger partial charge in [-0.1, -0.05) is 76.2 Å². The van der Waals surface area contributed by atoms with Crippen LogP contribution in [0.1, 0.15) is 96.4 Å². The number of ether oxygens (including phenoxy) is 1. The summed E-state index contributed by atoms with van der Waals surface area (Å²) >= 11 is 0. The Kier molecular flexibility index (Phi) is 14.5. The Bertz CT molecular complexity index is 2900. The number of carbonyl (C=O) groups is 4. The number of halogens is 1. The number of hydrogen-bond acceptors (Lipinski definition) is 8. The molecule has 3 saturated heterocycles. The first-order chi connectivity index (χ1) is 34.7. The highest BCUT2D eigenvalue weighted by atomic mass is 19.1. The van der Waals surface area contributed by atoms with Gasteiger partial charge < -0.3 is 44.4 Å². The smallest absolute Gasteiger partial charge is 0.407 e. The van der Waals surface area contributed by atoms with E-state index in [1.54, 1.807) is 28.3 Å². The summed E-state index contributed by atoms with van der Waals surface area (Å²) in [6.45, 7) is 10.2. The van der Waals surface area contributed by atoms with Gasteiger partial charge in [0, 0.05) is 45.0 Å². The molecular weight excluding hydrogens is 916 g/mol. The number of carbonyl (C=O) groups excluding carboxylic acids is 3. The second-order valence-corrected chi connectivity index (χ2v) is 20.0. The van der Waals surface area contributed by atoms with E-state index in [1.807, 2.05) is 88.4 Å². The number of nitrogens with zero attached hydrogens (tertiary/aromatic N) is 7. The number of imidazole rings is 2. The first-order valence-corrected chi connectivity index (χ1v) is 25.2. The second kappa shape index (κ2) is 21.1. The van der Waals surface area contributed by atoms with E-state index in [0.29, 0.717) is 42.5 Å². The summed E-state index contributed by atoms with van der Waals surface area (Å²) in [5.41, 5.74) is 8.29. The van der Waals surface area contributed by atoms with Crippen LogP contribution in [0.5, 0.6) is 0 Å². The molecular formula is C55H65FN10O6. The number of rotatable bonds is 14. The van der Waals surface area contributed by atoms with Crippen LogP contribution in [0.15, 0.2) is 91.3 Å². The van der Waals surface area contributed by atoms with Crippen LogP contribution < -0.4 is 10.2 Å². The Balaban J connectivity index is 0.985. The Labute approximate surface area is 419 Å². The van der Waals surface area contributed by atoms with Crippen LogP contribution in [0, 0.1) is 17.7 Å². The number of amides is 4. The van der Waals surface area contributed by atoms with Gasteiger partial charge >= 0.3 is 12.2 Å². The van der Waals surface area contributed by atoms with Crippen LogP contribution in [0.2, 0.25) is 0 Å². The predicted molar refractivity (Wildman–Crippen MR) is 274 cm³/mol. The zero-order valence-electron chi connectivity index (χ0n) is 41.9. The first kappa shape index (κ1) is 49.5. The summed E-state index contributed by atoms with van der Waals surface area (Å²) in [5.74, 6) is 0.338. The first-order valence-electron chi connectivity index (χ1n) is 25.2. The summed E-state index contributed by atoms with van der Waals surface area (Å²) in [7, 11) is 2.73. The van der Waals surface area contributed by atoms with Gasteiger partial charge in [-0.3, -0.25) is 14.5 Å². The number of benzene rings is 3. The maximum absolute atomic E-state index is 16.3. The minimum Gasteiger partial charge on any atom is -0.465 e. The van der Waals surface area contributed by atoms with Crippen LogP contribution in [-0.4, -0.2) is 121 Å². The predicted octanol–water partition coefficient (Wildman–Crippen LogP) is 10.1. The standard InChI is InChI=1S/C55H65FN10O6/c1-33(2)48(61-54(69)72-6)52(67)64-28-10-12-46(64)50-57-31-41(59-50)35-14-18-37(19-15-35)43-24-25-44(66(43)39-22-23-45(40(56)30-39)63-26-8-7-9-27-63)38-20-16-36(17-21-38)42-32-58-51(60-42)47-13-11-29-65(47)53(68)49(34(3)4)62(5)55(70)71/h14-25,30-34,46-49H,7-13,26-29H2,1-6H3,(H,57,59)(H,58,60)(H,61,69)(H,70,71)/t46-,47-,48-,49-/m0/s1. The highest BCUT2D eigenvalue weighted by Gasteiger charge is 2.40. The Hall–Kier alpha value is -7.43. The summed E-state index contributed by atoms with van der Waals surface area (Å²) in [6.07, 6.45) is 8.05. The molecule has 0 unspecified atom stereocenters. The molecule has 17 heteroatoms. The fraction of sp³-hybridized carbons (Fsp3) is 0.418. The van der Waals surface area contributed by atoms with Crippen LogP contribution in [0.3, 0.4) is 0 Å². The van der Waals surface area contributed by atoms with Gasteiger partial charge in [0.2, 0.25) is 11.8 Å². The van der Waals surface area contributed by atoms with Crippen molar-refractivity contribution in [3.05, 3.63) is 109 Å². The molecule has 0 spiro atoms. The maximum atomic E-state index is 16.3. The van der Waals surface area contributed by atoms with E-state index in [4.69, 9.17) is 14.7 Å². The van der Waals surface area contributed by atoms with Crippen molar-refractivity contribution in [2.24, 2.45) is 11.8 Å². The molecule has 3 aliphatic heterocycles. The molecule has 3 fully saturated rings. The SMILES string of the molecule is COC(=O)N[C@H](C(=O)N1CCC[C@H]1c1ncc(-c2ccc(-c3ccc(-c4ccc(-c5cnc([C@@H]6CCCN6C(=O)[C@H](C(C)C)N(C)C(=O)O)[nH]5)cc4)n3-c3ccc(N4CCCCC4)c(F)c3)cc2)[nH]1)C(C)C. The summed E-state index contributed by atoms with van der Waals surface area (Å²) in [5, 5.41) is 12.4. The van der Waals surface area contributed by atoms with Gasteiger partial charge in [0.1, 0.15) is 29.5 Å². The largest absolute Gasteiger partial charge is 0.465 e. The van der Waals surface area contributed by atoms with Crippen LogP contribution in [0.4, 0.5) is 19.7 Å². The monoisotopic (exact) mass is 981 g/mol. The number of likely N-dealkylation sites (N-methyl/N-ethyl adjacent to an activating group) is 1. The lowest BCUT2D eigenvalue weighted by atomic mass is 10.0. The molecule has 3 aromatic carbocycles. The van der Waals surface area contributed by atoms with Crippen molar-refractivity contribution in [2.75, 3.05) is 45.2 Å². The number of methoxy groups -OCH3 is 1. The molecule has 4 atom stereocenters. The molecule has 9 rings (SSSR count). The molecule has 0 saturated carbocycles. The topological polar surface area (TPSA) is 185 Å². The molecule has 0 aliphatic carbocycles. The Morgan fingerprint density at radius 1 is 0.694 bits per heavy atom. The molecule has 0 radical (unpaired) electrons. The minimum absolute atomic E-state index is 0.141. The molecule has 6 aromatic rings. The Morgan fingerprint density at radius 2 is 1.21 bits per heavy atom. The highest BCUT2D eigenvalue weighted by molar-refractivity contribution is 5.87. The highest BCUT2D eigenvalue weighted by Crippen LogP contribution is 2.38. The quantitative estimate of drug-likeness (QED) is 0.0825. The number of hydrogen-bond donors (Lipinski definition) is 4. The van der Waals surface area contributed by atoms with Gasteiger partial charge in [0.25, 0.3) is 0 Å². The molecule has 6 heterocycles. The maximum Gasteiger partial charge on any atom is 0.407 e. The number of aromatic nitrogens is 5. The summed E-state index contributed by atoms with van der Waals surface area (Å²) in [6, 6.07) is 23.8. The normalized spacial score (nSPS) is 17.9. The van der Waals surface area contributed by atoms with Crippen LogP contribution in [-0.2, 0) is 14.3 Å². The molecule has 0 bridgehead atoms. The third-order valence-corrected chi connectivity index (χ3v) is 14.6. The minimum atomic E-state index is -1.14. The molecule has 378 valence electrons. The number of anilines is 1. The summed E-state index contributed by atoms with van der Waals surface area (Å²) in [4.78, 5) is 74.8. The van der Waals surface area contributed by atoms with Crippen molar-refractivity contribution in [3.8, 4) is 50.7 Å². The number of H-pyrrole nitrogens is 2. The van der Waals surface area contributed by atoms with Gasteiger partial charge in [0.05, 0.1) is 60.1 Å². The number of nitrogens with one attached hydrogen (secondary N) is 3. The number of likely N-dealkylation sites (tertiary alicyclic amines) is 2. The van der Waals surface area contributed by atoms with E-state index in [1.165, 1.54) is 14.2 Å². The van der Waals surface area contributed by atoms with Gasteiger partial charge in [-0.2, -0.15) is 0 Å². The van der Waals surface area contributed by atoms with Gasteiger partial charge in [-0.25, -0.2) is 23.9 Å². The van der Waals surface area contributed by atoms with E-state index in [2.05, 4.69) is 36.9 Å². The summed E-state index contributed by atoms with van der Waals surface area (Å²) < 4.78 is 23.2. The fourth-order valence-electron chi connectivity index (χ4n) is 10.8. The van der Waals surface area contributed by atoms with Gasteiger partial charge in [-0.05, 0) is 103 Å². The average molecular weight is 981 g/mol. The van der Waals surface area contributed by atoms with E-state index in [9.17, 15) is 24.3 Å². The van der Waals surface area contributed by atoms with Crippen molar-refractivity contribution in [2.45, 2.75) is 96.8 Å². The van der Waals surface area contributed by atoms with Crippen LogP contribution in [0.25, 0.3) is 50.7 Å². The lowest BCUT2D eigenvalue weighted by Crippen LogP contribution is -2.51. The van der Waals surface area contributed by atoms with Crippen molar-refractivity contribution < 1.29 is 33.4 Å². The van der Waals surface area contributed by atoms with E-state index in [0.717, 1.165) is 102 Å². The van der Waals surface area contributed by atoms with E-state index >= 15 is 4.39 Å². The van der Waals surface area contributed by atoms with E-state index in [-0.39, 0.29) is 41.6 Å². The Morgan fingerprint density at radius 3 is 1.68 bits per heavy atom. The molecule has 3 aromatic heterocycles. The third-order valence-electron chi connectivity index (χ3n) is 14.6. The lowest BCUT2D eigenvalue weighted by Gasteiger charge is -2.33. The fourth-order valence-corrected chi connectivity index (χ4v) is 10.8.